The first-order valence-electron chi connectivity index (χ1n) is 9.68. The van der Waals surface area contributed by atoms with Crippen molar-refractivity contribution in [1.82, 2.24) is 15.0 Å². The van der Waals surface area contributed by atoms with E-state index in [1.807, 2.05) is 30.3 Å². The number of piperidine rings is 1. The molecular weight excluding hydrogens is 373 g/mol. The normalized spacial score (nSPS) is 14.9. The van der Waals surface area contributed by atoms with Crippen molar-refractivity contribution in [1.29, 1.82) is 0 Å². The number of aromatic nitrogens is 2. The number of amides is 1. The van der Waals surface area contributed by atoms with Gasteiger partial charge in [-0.1, -0.05) is 47.6 Å². The lowest BCUT2D eigenvalue weighted by Crippen LogP contribution is -2.40. The highest BCUT2D eigenvalue weighted by atomic mass is 19.1. The number of carbonyl (C=O) groups is 1. The standard InChI is InChI=1S/C22H22FN3O3/c23-19-9-5-4-8-18(19)21-24-22(29-25-21)17-10-12-26(13-11-17)20(27)15-28-14-16-6-2-1-3-7-16/h1-9,17H,10-15H2. The smallest absolute Gasteiger partial charge is 0.248 e. The lowest BCUT2D eigenvalue weighted by molar-refractivity contribution is -0.137. The lowest BCUT2D eigenvalue weighted by Gasteiger charge is -2.30. The predicted molar refractivity (Wildman–Crippen MR) is 104 cm³/mol. The minimum atomic E-state index is -0.379. The number of halogens is 1. The van der Waals surface area contributed by atoms with Gasteiger partial charge in [-0.3, -0.25) is 4.79 Å². The quantitative estimate of drug-likeness (QED) is 0.635. The van der Waals surface area contributed by atoms with Crippen LogP contribution in [0.5, 0.6) is 0 Å². The third-order valence-electron chi connectivity index (χ3n) is 5.09. The summed E-state index contributed by atoms with van der Waals surface area (Å²) in [6, 6.07) is 16.1. The second-order valence-corrected chi connectivity index (χ2v) is 7.07. The van der Waals surface area contributed by atoms with Crippen molar-refractivity contribution in [2.75, 3.05) is 19.7 Å². The highest BCUT2D eigenvalue weighted by molar-refractivity contribution is 5.77. The van der Waals surface area contributed by atoms with E-state index in [0.717, 1.165) is 18.4 Å². The summed E-state index contributed by atoms with van der Waals surface area (Å²) in [4.78, 5) is 18.5. The Kier molecular flexibility index (Phi) is 5.95. The van der Waals surface area contributed by atoms with Crippen molar-refractivity contribution < 1.29 is 18.4 Å². The molecule has 1 aliphatic heterocycles. The molecule has 0 radical (unpaired) electrons. The molecule has 0 saturated carbocycles. The Morgan fingerprint density at radius 2 is 1.83 bits per heavy atom. The average molecular weight is 395 g/mol. The molecule has 150 valence electrons. The molecule has 0 bridgehead atoms. The SMILES string of the molecule is O=C(COCc1ccccc1)N1CCC(c2nc(-c3ccccc3F)no2)CC1. The molecule has 4 rings (SSSR count). The molecule has 1 amide bonds. The molecule has 3 aromatic rings. The molecule has 1 aliphatic rings. The molecule has 0 N–H and O–H groups in total. The fraction of sp³-hybridized carbons (Fsp3) is 0.318. The van der Waals surface area contributed by atoms with Crippen LogP contribution in [0.4, 0.5) is 4.39 Å². The number of nitrogens with zero attached hydrogens (tertiary/aromatic N) is 3. The van der Waals surface area contributed by atoms with Crippen molar-refractivity contribution in [3.05, 3.63) is 71.9 Å². The van der Waals surface area contributed by atoms with Crippen LogP contribution in [0.1, 0.15) is 30.2 Å². The zero-order valence-corrected chi connectivity index (χ0v) is 16.0. The zero-order valence-electron chi connectivity index (χ0n) is 16.0. The molecule has 0 unspecified atom stereocenters. The molecule has 1 fully saturated rings. The van der Waals surface area contributed by atoms with Gasteiger partial charge in [0.25, 0.3) is 0 Å². The van der Waals surface area contributed by atoms with Gasteiger partial charge in [0.2, 0.25) is 17.6 Å². The summed E-state index contributed by atoms with van der Waals surface area (Å²) in [6.07, 6.45) is 1.45. The van der Waals surface area contributed by atoms with Crippen molar-refractivity contribution in [3.63, 3.8) is 0 Å². The van der Waals surface area contributed by atoms with Gasteiger partial charge in [0.15, 0.2) is 0 Å². The number of ether oxygens (including phenoxy) is 1. The van der Waals surface area contributed by atoms with E-state index in [1.54, 1.807) is 23.1 Å². The molecule has 2 aromatic carbocycles. The maximum atomic E-state index is 13.9. The third-order valence-corrected chi connectivity index (χ3v) is 5.09. The molecule has 1 aromatic heterocycles. The zero-order chi connectivity index (χ0) is 20.1. The maximum Gasteiger partial charge on any atom is 0.248 e. The molecule has 7 heteroatoms. The van der Waals surface area contributed by atoms with Crippen LogP contribution in [0.15, 0.2) is 59.1 Å². The molecule has 0 spiro atoms. The summed E-state index contributed by atoms with van der Waals surface area (Å²) < 4.78 is 24.8. The minimum Gasteiger partial charge on any atom is -0.367 e. The number of rotatable bonds is 6. The van der Waals surface area contributed by atoms with Gasteiger partial charge in [-0.15, -0.1) is 0 Å². The van der Waals surface area contributed by atoms with Crippen LogP contribution in [0.25, 0.3) is 11.4 Å². The highest BCUT2D eigenvalue weighted by Crippen LogP contribution is 2.29. The molecule has 6 nitrogen and oxygen atoms in total. The van der Waals surface area contributed by atoms with Crippen molar-refractivity contribution in [3.8, 4) is 11.4 Å². The van der Waals surface area contributed by atoms with E-state index < -0.39 is 0 Å². The van der Waals surface area contributed by atoms with Crippen molar-refractivity contribution >= 4 is 5.91 Å². The number of carbonyl (C=O) groups excluding carboxylic acids is 1. The van der Waals surface area contributed by atoms with E-state index in [4.69, 9.17) is 9.26 Å². The topological polar surface area (TPSA) is 68.5 Å². The minimum absolute atomic E-state index is 0.0167. The molecule has 0 aliphatic carbocycles. The number of likely N-dealkylation sites (tertiary alicyclic amines) is 1. The van der Waals surface area contributed by atoms with E-state index in [-0.39, 0.29) is 30.1 Å². The number of hydrogen-bond donors (Lipinski definition) is 0. The van der Waals surface area contributed by atoms with Gasteiger partial charge >= 0.3 is 0 Å². The Labute approximate surface area is 168 Å². The number of benzene rings is 2. The van der Waals surface area contributed by atoms with Gasteiger partial charge in [0, 0.05) is 19.0 Å². The molecular formula is C22H22FN3O3. The van der Waals surface area contributed by atoms with Crippen LogP contribution < -0.4 is 0 Å². The average Bonchev–Trinajstić information content (AvgIpc) is 3.25. The Morgan fingerprint density at radius 3 is 2.59 bits per heavy atom. The van der Waals surface area contributed by atoms with Gasteiger partial charge in [0.1, 0.15) is 12.4 Å². The fourth-order valence-electron chi connectivity index (χ4n) is 3.45. The highest BCUT2D eigenvalue weighted by Gasteiger charge is 2.28. The van der Waals surface area contributed by atoms with Crippen LogP contribution >= 0.6 is 0 Å². The monoisotopic (exact) mass is 395 g/mol. The molecule has 0 atom stereocenters. The van der Waals surface area contributed by atoms with Gasteiger partial charge in [0.05, 0.1) is 12.2 Å². The van der Waals surface area contributed by atoms with Gasteiger partial charge in [-0.2, -0.15) is 4.98 Å². The fourth-order valence-corrected chi connectivity index (χ4v) is 3.45. The lowest BCUT2D eigenvalue weighted by atomic mass is 9.97. The Balaban J connectivity index is 1.27. The summed E-state index contributed by atoms with van der Waals surface area (Å²) in [5.41, 5.74) is 1.37. The van der Waals surface area contributed by atoms with Gasteiger partial charge in [-0.25, -0.2) is 4.39 Å². The second-order valence-electron chi connectivity index (χ2n) is 7.07. The molecule has 29 heavy (non-hydrogen) atoms. The first kappa shape index (κ1) is 19.3. The van der Waals surface area contributed by atoms with E-state index >= 15 is 0 Å². The van der Waals surface area contributed by atoms with E-state index in [0.29, 0.717) is 31.2 Å². The molecule has 2 heterocycles. The van der Waals surface area contributed by atoms with Crippen LogP contribution in [0.3, 0.4) is 0 Å². The summed E-state index contributed by atoms with van der Waals surface area (Å²) in [7, 11) is 0. The van der Waals surface area contributed by atoms with Crippen molar-refractivity contribution in [2.45, 2.75) is 25.4 Å². The van der Waals surface area contributed by atoms with Crippen LogP contribution in [0, 0.1) is 5.82 Å². The predicted octanol–water partition coefficient (Wildman–Crippen LogP) is 3.80. The summed E-state index contributed by atoms with van der Waals surface area (Å²) in [5.74, 6) is 0.423. The largest absolute Gasteiger partial charge is 0.367 e. The van der Waals surface area contributed by atoms with Gasteiger partial charge in [-0.05, 0) is 30.5 Å². The summed E-state index contributed by atoms with van der Waals surface area (Å²) >= 11 is 0. The number of hydrogen-bond acceptors (Lipinski definition) is 5. The Bertz CT molecular complexity index is 953. The van der Waals surface area contributed by atoms with Crippen LogP contribution in [0.2, 0.25) is 0 Å². The third kappa shape index (κ3) is 4.68. The molecule has 1 saturated heterocycles. The van der Waals surface area contributed by atoms with Crippen LogP contribution in [-0.2, 0) is 16.1 Å². The van der Waals surface area contributed by atoms with E-state index in [9.17, 15) is 9.18 Å². The summed E-state index contributed by atoms with van der Waals surface area (Å²) in [6.45, 7) is 1.70. The Hall–Kier alpha value is -3.06. The Morgan fingerprint density at radius 1 is 1.10 bits per heavy atom. The second kappa shape index (κ2) is 8.96. The maximum absolute atomic E-state index is 13.9. The first-order chi connectivity index (χ1) is 14.2. The van der Waals surface area contributed by atoms with Crippen molar-refractivity contribution in [2.24, 2.45) is 0 Å². The van der Waals surface area contributed by atoms with E-state index in [2.05, 4.69) is 10.1 Å². The van der Waals surface area contributed by atoms with E-state index in [1.165, 1.54) is 6.07 Å². The van der Waals surface area contributed by atoms with Crippen LogP contribution in [-0.4, -0.2) is 40.6 Å². The summed E-state index contributed by atoms with van der Waals surface area (Å²) in [5, 5.41) is 3.92. The van der Waals surface area contributed by atoms with Gasteiger partial charge < -0.3 is 14.2 Å². The first-order valence-corrected chi connectivity index (χ1v) is 9.68.